The highest BCUT2D eigenvalue weighted by Crippen LogP contribution is 2.34. The first kappa shape index (κ1) is 15.8. The van der Waals surface area contributed by atoms with Crippen LogP contribution in [-0.4, -0.2) is 22.2 Å². The molecule has 0 aromatic heterocycles. The van der Waals surface area contributed by atoms with Crippen LogP contribution in [0.4, 0.5) is 11.4 Å². The van der Waals surface area contributed by atoms with Gasteiger partial charge in [0.2, 0.25) is 0 Å². The highest BCUT2D eigenvalue weighted by Gasteiger charge is 2.32. The molecule has 1 aliphatic carbocycles. The minimum atomic E-state index is -0.747. The van der Waals surface area contributed by atoms with Gasteiger partial charge in [-0.1, -0.05) is 19.4 Å². The Balaban J connectivity index is 2.03. The number of aliphatic hydroxyl groups is 1. The number of benzene rings is 1. The van der Waals surface area contributed by atoms with E-state index in [-0.39, 0.29) is 10.6 Å². The van der Waals surface area contributed by atoms with E-state index in [1.54, 1.807) is 12.1 Å². The molecule has 0 spiro atoms. The summed E-state index contributed by atoms with van der Waals surface area (Å²) in [7, 11) is 0. The van der Waals surface area contributed by atoms with Crippen molar-refractivity contribution in [1.82, 2.24) is 0 Å². The summed E-state index contributed by atoms with van der Waals surface area (Å²) in [6.07, 6.45) is 4.75. The fraction of sp³-hybridized carbons (Fsp3) is 0.625. The molecule has 5 heteroatoms. The normalized spacial score (nSPS) is 25.6. The van der Waals surface area contributed by atoms with Gasteiger partial charge in [-0.2, -0.15) is 0 Å². The Morgan fingerprint density at radius 1 is 1.43 bits per heavy atom. The van der Waals surface area contributed by atoms with Crippen molar-refractivity contribution in [2.75, 3.05) is 11.9 Å². The SMILES string of the molecule is CCC1CCC(O)(CNc2cc(C)ccc2[N+](=O)[O-])CC1. The van der Waals surface area contributed by atoms with Crippen LogP contribution in [0.25, 0.3) is 0 Å². The molecule has 2 rings (SSSR count). The molecule has 1 aromatic carbocycles. The van der Waals surface area contributed by atoms with Gasteiger partial charge in [-0.15, -0.1) is 0 Å². The maximum atomic E-state index is 11.0. The van der Waals surface area contributed by atoms with Crippen molar-refractivity contribution < 1.29 is 10.0 Å². The number of aryl methyl sites for hydroxylation is 1. The molecular formula is C16H24N2O3. The van der Waals surface area contributed by atoms with Crippen molar-refractivity contribution in [3.63, 3.8) is 0 Å². The summed E-state index contributed by atoms with van der Waals surface area (Å²) in [6, 6.07) is 5.00. The molecule has 1 aromatic rings. The molecule has 0 radical (unpaired) electrons. The van der Waals surface area contributed by atoms with Crippen LogP contribution in [0, 0.1) is 23.0 Å². The standard InChI is InChI=1S/C16H24N2O3/c1-3-13-6-8-16(19,9-7-13)11-17-14-10-12(2)4-5-15(14)18(20)21/h4-5,10,13,17,19H,3,6-9,11H2,1-2H3. The zero-order valence-corrected chi connectivity index (χ0v) is 12.8. The molecular weight excluding hydrogens is 268 g/mol. The lowest BCUT2D eigenvalue weighted by molar-refractivity contribution is -0.384. The number of nitro groups is 1. The van der Waals surface area contributed by atoms with Gasteiger partial charge in [0.1, 0.15) is 5.69 Å². The van der Waals surface area contributed by atoms with Crippen LogP contribution in [0.5, 0.6) is 0 Å². The van der Waals surface area contributed by atoms with E-state index >= 15 is 0 Å². The Bertz CT molecular complexity index is 508. The van der Waals surface area contributed by atoms with Crippen LogP contribution < -0.4 is 5.32 Å². The predicted molar refractivity (Wildman–Crippen MR) is 83.5 cm³/mol. The fourth-order valence-electron chi connectivity index (χ4n) is 3.01. The Morgan fingerprint density at radius 2 is 2.10 bits per heavy atom. The van der Waals surface area contributed by atoms with Crippen molar-refractivity contribution in [1.29, 1.82) is 0 Å². The van der Waals surface area contributed by atoms with Gasteiger partial charge in [0.05, 0.1) is 10.5 Å². The van der Waals surface area contributed by atoms with Gasteiger partial charge in [-0.25, -0.2) is 0 Å². The summed E-state index contributed by atoms with van der Waals surface area (Å²) in [5.41, 5.74) is 0.769. The number of rotatable bonds is 5. The molecule has 0 unspecified atom stereocenters. The van der Waals surface area contributed by atoms with Crippen molar-refractivity contribution in [2.24, 2.45) is 5.92 Å². The summed E-state index contributed by atoms with van der Waals surface area (Å²) in [5, 5.41) is 24.7. The monoisotopic (exact) mass is 292 g/mol. The number of nitrogens with zero attached hydrogens (tertiary/aromatic N) is 1. The lowest BCUT2D eigenvalue weighted by Crippen LogP contribution is -2.40. The molecule has 0 bridgehead atoms. The molecule has 0 saturated heterocycles. The molecule has 1 saturated carbocycles. The van der Waals surface area contributed by atoms with Gasteiger partial charge >= 0.3 is 0 Å². The number of hydrogen-bond donors (Lipinski definition) is 2. The topological polar surface area (TPSA) is 75.4 Å². The van der Waals surface area contributed by atoms with E-state index in [0.29, 0.717) is 18.2 Å². The number of anilines is 1. The summed E-state index contributed by atoms with van der Waals surface area (Å²) < 4.78 is 0. The van der Waals surface area contributed by atoms with Gasteiger partial charge < -0.3 is 10.4 Å². The van der Waals surface area contributed by atoms with Gasteiger partial charge in [0.25, 0.3) is 5.69 Å². The average Bonchev–Trinajstić information content (AvgIpc) is 2.46. The van der Waals surface area contributed by atoms with Crippen molar-refractivity contribution in [2.45, 2.75) is 51.6 Å². The van der Waals surface area contributed by atoms with E-state index in [4.69, 9.17) is 0 Å². The van der Waals surface area contributed by atoms with E-state index < -0.39 is 5.60 Å². The zero-order valence-electron chi connectivity index (χ0n) is 12.8. The van der Waals surface area contributed by atoms with Gasteiger partial charge in [0.15, 0.2) is 0 Å². The lowest BCUT2D eigenvalue weighted by Gasteiger charge is -2.36. The zero-order chi connectivity index (χ0) is 15.5. The smallest absolute Gasteiger partial charge is 0.292 e. The maximum Gasteiger partial charge on any atom is 0.292 e. The van der Waals surface area contributed by atoms with Crippen LogP contribution in [0.2, 0.25) is 0 Å². The van der Waals surface area contributed by atoms with Crippen LogP contribution in [-0.2, 0) is 0 Å². The Hall–Kier alpha value is -1.62. The lowest BCUT2D eigenvalue weighted by atomic mass is 9.78. The largest absolute Gasteiger partial charge is 0.388 e. The number of nitro benzene ring substituents is 1. The van der Waals surface area contributed by atoms with Crippen LogP contribution in [0.1, 0.15) is 44.6 Å². The fourth-order valence-corrected chi connectivity index (χ4v) is 3.01. The first-order chi connectivity index (χ1) is 9.93. The molecule has 0 heterocycles. The third-order valence-electron chi connectivity index (χ3n) is 4.57. The highest BCUT2D eigenvalue weighted by atomic mass is 16.6. The summed E-state index contributed by atoms with van der Waals surface area (Å²) in [6.45, 7) is 4.45. The highest BCUT2D eigenvalue weighted by molar-refractivity contribution is 5.62. The van der Waals surface area contributed by atoms with E-state index in [1.807, 2.05) is 6.92 Å². The predicted octanol–water partition coefficient (Wildman–Crippen LogP) is 3.65. The molecule has 116 valence electrons. The van der Waals surface area contributed by atoms with Crippen molar-refractivity contribution in [3.05, 3.63) is 33.9 Å². The molecule has 2 N–H and O–H groups in total. The third-order valence-corrected chi connectivity index (χ3v) is 4.57. The Morgan fingerprint density at radius 3 is 2.67 bits per heavy atom. The van der Waals surface area contributed by atoms with Crippen LogP contribution >= 0.6 is 0 Å². The van der Waals surface area contributed by atoms with Crippen molar-refractivity contribution >= 4 is 11.4 Å². The van der Waals surface area contributed by atoms with Crippen molar-refractivity contribution in [3.8, 4) is 0 Å². The molecule has 1 aliphatic rings. The van der Waals surface area contributed by atoms with E-state index in [1.165, 1.54) is 6.07 Å². The second kappa shape index (κ2) is 6.43. The first-order valence-electron chi connectivity index (χ1n) is 7.65. The first-order valence-corrected chi connectivity index (χ1v) is 7.65. The van der Waals surface area contributed by atoms with Gasteiger partial charge in [-0.05, 0) is 50.2 Å². The minimum absolute atomic E-state index is 0.0615. The second-order valence-corrected chi connectivity index (χ2v) is 6.21. The van der Waals surface area contributed by atoms with Crippen LogP contribution in [0.3, 0.4) is 0 Å². The van der Waals surface area contributed by atoms with Crippen LogP contribution in [0.15, 0.2) is 18.2 Å². The molecule has 21 heavy (non-hydrogen) atoms. The third kappa shape index (κ3) is 3.94. The van der Waals surface area contributed by atoms with Gasteiger partial charge in [0, 0.05) is 12.6 Å². The van der Waals surface area contributed by atoms with E-state index in [0.717, 1.165) is 37.7 Å². The summed E-state index contributed by atoms with van der Waals surface area (Å²) in [4.78, 5) is 10.7. The van der Waals surface area contributed by atoms with E-state index in [2.05, 4.69) is 12.2 Å². The maximum absolute atomic E-state index is 11.0. The molecule has 1 fully saturated rings. The Labute approximate surface area is 125 Å². The molecule has 5 nitrogen and oxygen atoms in total. The number of nitrogens with one attached hydrogen (secondary N) is 1. The Kier molecular flexibility index (Phi) is 4.83. The minimum Gasteiger partial charge on any atom is -0.388 e. The molecule has 0 aliphatic heterocycles. The average molecular weight is 292 g/mol. The quantitative estimate of drug-likeness (QED) is 0.641. The molecule has 0 atom stereocenters. The van der Waals surface area contributed by atoms with Gasteiger partial charge in [-0.3, -0.25) is 10.1 Å². The second-order valence-electron chi connectivity index (χ2n) is 6.21. The van der Waals surface area contributed by atoms with E-state index in [9.17, 15) is 15.2 Å². The number of hydrogen-bond acceptors (Lipinski definition) is 4. The summed E-state index contributed by atoms with van der Waals surface area (Å²) >= 11 is 0. The molecule has 0 amide bonds. The summed E-state index contributed by atoms with van der Waals surface area (Å²) in [5.74, 6) is 0.707.